The number of amides is 1. The number of nitrogens with one attached hydrogen (secondary N) is 1. The summed E-state index contributed by atoms with van der Waals surface area (Å²) in [6, 6.07) is 13.0. The zero-order valence-electron chi connectivity index (χ0n) is 11.0. The van der Waals surface area contributed by atoms with Crippen LogP contribution in [0.3, 0.4) is 0 Å². The lowest BCUT2D eigenvalue weighted by Gasteiger charge is -2.10. The van der Waals surface area contributed by atoms with E-state index in [1.165, 1.54) is 0 Å². The lowest BCUT2D eigenvalue weighted by Crippen LogP contribution is -2.30. The summed E-state index contributed by atoms with van der Waals surface area (Å²) in [4.78, 5) is 11.5. The smallest absolute Gasteiger partial charge is 0.265 e. The Hall–Kier alpha value is -1.85. The number of nitrogen functional groups attached to an aromatic ring is 1. The summed E-state index contributed by atoms with van der Waals surface area (Å²) in [5.74, 6) is 5.62. The monoisotopic (exact) mass is 334 g/mol. The van der Waals surface area contributed by atoms with E-state index in [1.54, 1.807) is 18.2 Å². The van der Waals surface area contributed by atoms with Gasteiger partial charge in [-0.3, -0.25) is 10.2 Å². The Bertz CT molecular complexity index is 629. The van der Waals surface area contributed by atoms with E-state index in [9.17, 15) is 4.79 Å². The fraction of sp³-hybridized carbons (Fsp3) is 0.133. The van der Waals surface area contributed by atoms with Crippen molar-refractivity contribution in [2.75, 3.05) is 0 Å². The molecule has 4 nitrogen and oxygen atoms in total. The van der Waals surface area contributed by atoms with E-state index in [4.69, 9.17) is 10.6 Å². The molecule has 0 aromatic heterocycles. The Morgan fingerprint density at radius 3 is 2.85 bits per heavy atom. The fourth-order valence-electron chi connectivity index (χ4n) is 1.78. The number of benzene rings is 2. The van der Waals surface area contributed by atoms with Crippen molar-refractivity contribution in [3.63, 3.8) is 0 Å². The molecular formula is C15H15BrN2O2. The number of halogens is 1. The first-order valence-corrected chi connectivity index (χ1v) is 6.88. The van der Waals surface area contributed by atoms with Crippen molar-refractivity contribution in [1.82, 2.24) is 5.43 Å². The van der Waals surface area contributed by atoms with Crippen LogP contribution >= 0.6 is 15.9 Å². The van der Waals surface area contributed by atoms with E-state index in [0.29, 0.717) is 12.2 Å². The SMILES string of the molecule is Cc1ccc(Br)cc1OCc1cccc(C(=O)NN)c1. The molecule has 0 aliphatic carbocycles. The molecule has 3 N–H and O–H groups in total. The summed E-state index contributed by atoms with van der Waals surface area (Å²) in [5.41, 5.74) is 4.59. The second-order valence-corrected chi connectivity index (χ2v) is 5.29. The Balaban J connectivity index is 2.11. The predicted octanol–water partition coefficient (Wildman–Crippen LogP) is 2.94. The first-order chi connectivity index (χ1) is 9.60. The van der Waals surface area contributed by atoms with Crippen LogP contribution in [0.2, 0.25) is 0 Å². The van der Waals surface area contributed by atoms with Gasteiger partial charge in [-0.25, -0.2) is 5.84 Å². The highest BCUT2D eigenvalue weighted by molar-refractivity contribution is 9.10. The minimum absolute atomic E-state index is 0.314. The maximum atomic E-state index is 11.5. The van der Waals surface area contributed by atoms with Gasteiger partial charge in [-0.05, 0) is 42.3 Å². The van der Waals surface area contributed by atoms with Crippen molar-refractivity contribution in [3.8, 4) is 5.75 Å². The number of nitrogens with two attached hydrogens (primary N) is 1. The van der Waals surface area contributed by atoms with Gasteiger partial charge in [0.1, 0.15) is 12.4 Å². The van der Waals surface area contributed by atoms with E-state index in [1.807, 2.05) is 31.2 Å². The second-order valence-electron chi connectivity index (χ2n) is 4.37. The van der Waals surface area contributed by atoms with Crippen molar-refractivity contribution < 1.29 is 9.53 Å². The van der Waals surface area contributed by atoms with Crippen molar-refractivity contribution in [3.05, 3.63) is 63.6 Å². The summed E-state index contributed by atoms with van der Waals surface area (Å²) in [7, 11) is 0. The first kappa shape index (κ1) is 14.6. The van der Waals surface area contributed by atoms with Gasteiger partial charge < -0.3 is 4.74 Å². The van der Waals surface area contributed by atoms with Crippen molar-refractivity contribution in [2.45, 2.75) is 13.5 Å². The van der Waals surface area contributed by atoms with Crippen LogP contribution in [0.5, 0.6) is 5.75 Å². The molecule has 2 rings (SSSR count). The minimum Gasteiger partial charge on any atom is -0.489 e. The van der Waals surface area contributed by atoms with Crippen molar-refractivity contribution in [2.24, 2.45) is 5.84 Å². The van der Waals surface area contributed by atoms with Crippen molar-refractivity contribution >= 4 is 21.8 Å². The number of carbonyl (C=O) groups is 1. The van der Waals surface area contributed by atoms with Crippen LogP contribution in [-0.4, -0.2) is 5.91 Å². The number of ether oxygens (including phenoxy) is 1. The highest BCUT2D eigenvalue weighted by Gasteiger charge is 2.05. The summed E-state index contributed by atoms with van der Waals surface area (Å²) in [6.07, 6.45) is 0. The van der Waals surface area contributed by atoms with E-state index < -0.39 is 0 Å². The highest BCUT2D eigenvalue weighted by Crippen LogP contribution is 2.23. The molecule has 0 aliphatic heterocycles. The van der Waals surface area contributed by atoms with Gasteiger partial charge in [-0.2, -0.15) is 0 Å². The molecule has 20 heavy (non-hydrogen) atoms. The third-order valence-electron chi connectivity index (χ3n) is 2.86. The van der Waals surface area contributed by atoms with Crippen LogP contribution in [0.1, 0.15) is 21.5 Å². The van der Waals surface area contributed by atoms with Gasteiger partial charge in [0.2, 0.25) is 0 Å². The standard InChI is InChI=1S/C15H15BrN2O2/c1-10-5-6-13(16)8-14(10)20-9-11-3-2-4-12(7-11)15(19)18-17/h2-8H,9,17H2,1H3,(H,18,19). The number of hydrogen-bond donors (Lipinski definition) is 2. The fourth-order valence-corrected chi connectivity index (χ4v) is 2.12. The number of hydrogen-bond acceptors (Lipinski definition) is 3. The molecule has 0 aliphatic rings. The average molecular weight is 335 g/mol. The van der Waals surface area contributed by atoms with Gasteiger partial charge in [-0.15, -0.1) is 0 Å². The maximum absolute atomic E-state index is 11.5. The largest absolute Gasteiger partial charge is 0.489 e. The molecule has 104 valence electrons. The van der Waals surface area contributed by atoms with Crippen LogP contribution in [0.25, 0.3) is 0 Å². The minimum atomic E-state index is -0.314. The number of aryl methyl sites for hydroxylation is 1. The second kappa shape index (κ2) is 6.54. The Morgan fingerprint density at radius 1 is 1.30 bits per heavy atom. The highest BCUT2D eigenvalue weighted by atomic mass is 79.9. The zero-order valence-corrected chi connectivity index (χ0v) is 12.6. The number of carbonyl (C=O) groups excluding carboxylic acids is 1. The quantitative estimate of drug-likeness (QED) is 0.513. The first-order valence-electron chi connectivity index (χ1n) is 6.09. The van der Waals surface area contributed by atoms with Crippen LogP contribution in [0, 0.1) is 6.92 Å². The van der Waals surface area contributed by atoms with Crippen LogP contribution < -0.4 is 16.0 Å². The van der Waals surface area contributed by atoms with E-state index >= 15 is 0 Å². The molecule has 1 amide bonds. The molecule has 0 fully saturated rings. The molecule has 0 unspecified atom stereocenters. The zero-order chi connectivity index (χ0) is 14.5. The summed E-state index contributed by atoms with van der Waals surface area (Å²) >= 11 is 3.42. The molecular weight excluding hydrogens is 320 g/mol. The molecule has 5 heteroatoms. The van der Waals surface area contributed by atoms with Crippen LogP contribution in [0.4, 0.5) is 0 Å². The summed E-state index contributed by atoms with van der Waals surface area (Å²) in [6.45, 7) is 2.38. The summed E-state index contributed by atoms with van der Waals surface area (Å²) in [5, 5.41) is 0. The average Bonchev–Trinajstić information content (AvgIpc) is 2.47. The molecule has 0 heterocycles. The molecule has 0 saturated heterocycles. The molecule has 0 spiro atoms. The Morgan fingerprint density at radius 2 is 2.10 bits per heavy atom. The Kier molecular flexibility index (Phi) is 4.76. The van der Waals surface area contributed by atoms with Gasteiger partial charge >= 0.3 is 0 Å². The molecule has 2 aromatic rings. The normalized spacial score (nSPS) is 10.2. The molecule has 0 radical (unpaired) electrons. The molecule has 0 atom stereocenters. The molecule has 0 saturated carbocycles. The molecule has 0 bridgehead atoms. The number of rotatable bonds is 4. The van der Waals surface area contributed by atoms with E-state index in [0.717, 1.165) is 21.3 Å². The van der Waals surface area contributed by atoms with Crippen LogP contribution in [-0.2, 0) is 6.61 Å². The predicted molar refractivity (Wildman–Crippen MR) is 81.3 cm³/mol. The lowest BCUT2D eigenvalue weighted by molar-refractivity contribution is 0.0953. The third-order valence-corrected chi connectivity index (χ3v) is 3.36. The van der Waals surface area contributed by atoms with E-state index in [-0.39, 0.29) is 5.91 Å². The van der Waals surface area contributed by atoms with Gasteiger partial charge in [0, 0.05) is 10.0 Å². The Labute approximate surface area is 126 Å². The van der Waals surface area contributed by atoms with Crippen LogP contribution in [0.15, 0.2) is 46.9 Å². The van der Waals surface area contributed by atoms with Gasteiger partial charge in [0.05, 0.1) is 0 Å². The third kappa shape index (κ3) is 3.59. The lowest BCUT2D eigenvalue weighted by atomic mass is 10.1. The van der Waals surface area contributed by atoms with Gasteiger partial charge in [-0.1, -0.05) is 34.1 Å². The maximum Gasteiger partial charge on any atom is 0.265 e. The molecule has 2 aromatic carbocycles. The van der Waals surface area contributed by atoms with Crippen molar-refractivity contribution in [1.29, 1.82) is 0 Å². The summed E-state index contributed by atoms with van der Waals surface area (Å²) < 4.78 is 6.75. The van der Waals surface area contributed by atoms with E-state index in [2.05, 4.69) is 21.4 Å². The van der Waals surface area contributed by atoms with Gasteiger partial charge in [0.25, 0.3) is 5.91 Å². The van der Waals surface area contributed by atoms with Gasteiger partial charge in [0.15, 0.2) is 0 Å². The number of hydrazine groups is 1. The topological polar surface area (TPSA) is 64.3 Å².